The molecule has 0 spiro atoms. The molecule has 1 saturated carbocycles. The van der Waals surface area contributed by atoms with Crippen molar-refractivity contribution in [3.63, 3.8) is 0 Å². The third kappa shape index (κ3) is 1.76. The van der Waals surface area contributed by atoms with Gasteiger partial charge in [-0.15, -0.1) is 0 Å². The second-order valence-corrected chi connectivity index (χ2v) is 7.10. The van der Waals surface area contributed by atoms with E-state index in [2.05, 4.69) is 40.0 Å². The van der Waals surface area contributed by atoms with E-state index in [0.29, 0.717) is 0 Å². The molecule has 112 valence electrons. The van der Waals surface area contributed by atoms with E-state index in [4.69, 9.17) is 0 Å². The standard InChI is InChI=1S/C20H22N2/c1-2-5-14(6-3-1)15-9-10-19-17(13-15)16-7-4-8-18-20(16)22(19)12-11-21-18/h9-14H,1-8H2/p+1. The maximum atomic E-state index is 3.47. The van der Waals surface area contributed by atoms with Crippen LogP contribution in [0, 0.1) is 0 Å². The molecule has 22 heavy (non-hydrogen) atoms. The van der Waals surface area contributed by atoms with Gasteiger partial charge in [-0.3, -0.25) is 0 Å². The highest BCUT2D eigenvalue weighted by molar-refractivity contribution is 5.93. The Bertz CT molecular complexity index is 853. The molecular formula is C20H23N2+. The van der Waals surface area contributed by atoms with Gasteiger partial charge in [-0.05, 0) is 54.9 Å². The topological polar surface area (TPSA) is 18.6 Å². The van der Waals surface area contributed by atoms with Gasteiger partial charge in [-0.2, -0.15) is 0 Å². The van der Waals surface area contributed by atoms with Crippen LogP contribution in [0.3, 0.4) is 0 Å². The van der Waals surface area contributed by atoms with Gasteiger partial charge in [0.25, 0.3) is 0 Å². The first-order valence-electron chi connectivity index (χ1n) is 8.88. The van der Waals surface area contributed by atoms with Crippen LogP contribution in [0.4, 0.5) is 0 Å². The van der Waals surface area contributed by atoms with Gasteiger partial charge in [-0.25, -0.2) is 4.98 Å². The van der Waals surface area contributed by atoms with Crippen LogP contribution in [0.5, 0.6) is 0 Å². The number of aromatic nitrogens is 2. The minimum absolute atomic E-state index is 0.794. The second-order valence-electron chi connectivity index (χ2n) is 7.10. The zero-order valence-corrected chi connectivity index (χ0v) is 13.1. The Morgan fingerprint density at radius 1 is 1.00 bits per heavy atom. The fraction of sp³-hybridized carbons (Fsp3) is 0.450. The minimum atomic E-state index is 0.794. The monoisotopic (exact) mass is 291 g/mol. The van der Waals surface area contributed by atoms with Crippen LogP contribution < -0.4 is 4.98 Å². The molecule has 1 N–H and O–H groups in total. The van der Waals surface area contributed by atoms with Crippen molar-refractivity contribution in [2.45, 2.75) is 57.3 Å². The Hall–Kier alpha value is -1.83. The van der Waals surface area contributed by atoms with Crippen molar-refractivity contribution in [2.24, 2.45) is 0 Å². The summed E-state index contributed by atoms with van der Waals surface area (Å²) < 4.78 is 2.40. The molecule has 0 aliphatic heterocycles. The van der Waals surface area contributed by atoms with E-state index >= 15 is 0 Å². The molecular weight excluding hydrogens is 268 g/mol. The van der Waals surface area contributed by atoms with Crippen LogP contribution >= 0.6 is 0 Å². The first-order chi connectivity index (χ1) is 10.9. The zero-order valence-electron chi connectivity index (χ0n) is 13.1. The fourth-order valence-corrected chi connectivity index (χ4v) is 4.74. The summed E-state index contributed by atoms with van der Waals surface area (Å²) in [7, 11) is 0. The molecule has 1 fully saturated rings. The Labute approximate surface area is 131 Å². The predicted molar refractivity (Wildman–Crippen MR) is 89.3 cm³/mol. The number of nitrogens with one attached hydrogen (secondary N) is 1. The van der Waals surface area contributed by atoms with Gasteiger partial charge in [-0.1, -0.05) is 25.3 Å². The van der Waals surface area contributed by atoms with E-state index in [-0.39, 0.29) is 0 Å². The SMILES string of the molecule is c1cn2c3c([nH+]1)CCCc3c1cc(C3CCCCC3)ccc12. The van der Waals surface area contributed by atoms with Crippen molar-refractivity contribution in [3.05, 3.63) is 47.4 Å². The van der Waals surface area contributed by atoms with E-state index in [1.54, 1.807) is 11.1 Å². The normalized spacial score (nSPS) is 19.1. The molecule has 2 aromatic heterocycles. The van der Waals surface area contributed by atoms with Gasteiger partial charge in [0.2, 0.25) is 5.69 Å². The molecule has 3 aromatic rings. The van der Waals surface area contributed by atoms with Crippen LogP contribution in [-0.2, 0) is 12.8 Å². The number of nitrogens with zero attached hydrogens (tertiary/aromatic N) is 1. The fourth-order valence-electron chi connectivity index (χ4n) is 4.74. The summed E-state index contributed by atoms with van der Waals surface area (Å²) in [5.74, 6) is 0.794. The smallest absolute Gasteiger partial charge is 0.204 e. The number of hydrogen-bond acceptors (Lipinski definition) is 0. The summed E-state index contributed by atoms with van der Waals surface area (Å²) in [6.07, 6.45) is 15.0. The lowest BCUT2D eigenvalue weighted by Gasteiger charge is -2.22. The zero-order chi connectivity index (χ0) is 14.5. The molecule has 2 nitrogen and oxygen atoms in total. The van der Waals surface area contributed by atoms with Gasteiger partial charge in [0.15, 0.2) is 6.20 Å². The Morgan fingerprint density at radius 3 is 2.82 bits per heavy atom. The van der Waals surface area contributed by atoms with Crippen molar-refractivity contribution in [2.75, 3.05) is 0 Å². The van der Waals surface area contributed by atoms with Crippen LogP contribution in [0.1, 0.15) is 61.3 Å². The molecule has 2 aliphatic rings. The van der Waals surface area contributed by atoms with E-state index in [1.807, 2.05) is 0 Å². The van der Waals surface area contributed by atoms with Gasteiger partial charge >= 0.3 is 0 Å². The summed E-state index contributed by atoms with van der Waals surface area (Å²) >= 11 is 0. The highest BCUT2D eigenvalue weighted by atomic mass is 14.9. The third-order valence-electron chi connectivity index (χ3n) is 5.83. The first kappa shape index (κ1) is 12.7. The summed E-state index contributed by atoms with van der Waals surface area (Å²) in [6.45, 7) is 0. The lowest BCUT2D eigenvalue weighted by Crippen LogP contribution is -2.16. The first-order valence-corrected chi connectivity index (χ1v) is 8.88. The van der Waals surface area contributed by atoms with Crippen molar-refractivity contribution in [1.29, 1.82) is 0 Å². The average molecular weight is 291 g/mol. The number of fused-ring (bicyclic) bond motifs is 3. The highest BCUT2D eigenvalue weighted by Crippen LogP contribution is 2.37. The van der Waals surface area contributed by atoms with Crippen LogP contribution in [0.2, 0.25) is 0 Å². The van der Waals surface area contributed by atoms with E-state index < -0.39 is 0 Å². The quantitative estimate of drug-likeness (QED) is 0.631. The maximum Gasteiger partial charge on any atom is 0.204 e. The van der Waals surface area contributed by atoms with Gasteiger partial charge in [0.05, 0.1) is 11.7 Å². The highest BCUT2D eigenvalue weighted by Gasteiger charge is 2.24. The third-order valence-corrected chi connectivity index (χ3v) is 5.83. The largest absolute Gasteiger partial charge is 0.305 e. The average Bonchev–Trinajstić information content (AvgIpc) is 2.92. The number of aromatic amines is 1. The van der Waals surface area contributed by atoms with Gasteiger partial charge in [0, 0.05) is 11.8 Å². The Morgan fingerprint density at radius 2 is 1.91 bits per heavy atom. The Kier molecular flexibility index (Phi) is 2.79. The number of benzene rings is 1. The summed E-state index contributed by atoms with van der Waals surface area (Å²) in [6, 6.07) is 7.27. The molecule has 0 saturated heterocycles. The summed E-state index contributed by atoms with van der Waals surface area (Å²) in [5, 5.41) is 1.50. The molecule has 0 atom stereocenters. The lowest BCUT2D eigenvalue weighted by atomic mass is 9.83. The Balaban J connectivity index is 1.75. The molecule has 2 heteroatoms. The minimum Gasteiger partial charge on any atom is -0.305 e. The molecule has 0 amide bonds. The number of rotatable bonds is 1. The lowest BCUT2D eigenvalue weighted by molar-refractivity contribution is -0.389. The van der Waals surface area contributed by atoms with Gasteiger partial charge < -0.3 is 4.40 Å². The van der Waals surface area contributed by atoms with E-state index in [1.165, 1.54) is 73.5 Å². The predicted octanol–water partition coefficient (Wildman–Crippen LogP) is 4.44. The van der Waals surface area contributed by atoms with E-state index in [9.17, 15) is 0 Å². The number of H-pyrrole nitrogens is 1. The molecule has 2 aliphatic carbocycles. The molecule has 2 heterocycles. The van der Waals surface area contributed by atoms with Crippen LogP contribution in [0.25, 0.3) is 16.4 Å². The number of aryl methyl sites for hydroxylation is 2. The van der Waals surface area contributed by atoms with Crippen molar-refractivity contribution in [1.82, 2.24) is 4.40 Å². The number of hydrogen-bond donors (Lipinski definition) is 0. The van der Waals surface area contributed by atoms with Crippen molar-refractivity contribution >= 4 is 16.4 Å². The van der Waals surface area contributed by atoms with Gasteiger partial charge in [0.1, 0.15) is 5.52 Å². The van der Waals surface area contributed by atoms with Crippen molar-refractivity contribution in [3.8, 4) is 0 Å². The van der Waals surface area contributed by atoms with Crippen molar-refractivity contribution < 1.29 is 4.98 Å². The van der Waals surface area contributed by atoms with Crippen LogP contribution in [0.15, 0.2) is 30.6 Å². The maximum absolute atomic E-state index is 3.47. The molecule has 0 unspecified atom stereocenters. The molecule has 5 rings (SSSR count). The molecule has 0 radical (unpaired) electrons. The molecule has 1 aromatic carbocycles. The van der Waals surface area contributed by atoms with E-state index in [0.717, 1.165) is 5.92 Å². The summed E-state index contributed by atoms with van der Waals surface area (Å²) in [5.41, 5.74) is 7.41. The van der Waals surface area contributed by atoms with Crippen LogP contribution in [-0.4, -0.2) is 4.40 Å². The summed E-state index contributed by atoms with van der Waals surface area (Å²) in [4.78, 5) is 3.47. The molecule has 0 bridgehead atoms. The second kappa shape index (κ2) is 4.84.